The summed E-state index contributed by atoms with van der Waals surface area (Å²) in [6.45, 7) is 5.75. The number of aryl methyl sites for hydroxylation is 1. The monoisotopic (exact) mass is 243 g/mol. The molecule has 0 unspecified atom stereocenters. The number of hydrogen-bond acceptors (Lipinski definition) is 5. The molecule has 0 fully saturated rings. The summed E-state index contributed by atoms with van der Waals surface area (Å²) in [6.07, 6.45) is 2.41. The smallest absolute Gasteiger partial charge is 0.255 e. The van der Waals surface area contributed by atoms with Crippen LogP contribution in [-0.4, -0.2) is 21.8 Å². The Morgan fingerprint density at radius 3 is 2.88 bits per heavy atom. The highest BCUT2D eigenvalue weighted by molar-refractivity contribution is 7.99. The third kappa shape index (κ3) is 3.44. The van der Waals surface area contributed by atoms with Crippen molar-refractivity contribution in [3.05, 3.63) is 12.0 Å². The van der Waals surface area contributed by atoms with E-state index in [1.54, 1.807) is 6.26 Å². The number of thioether (sulfide) groups is 1. The van der Waals surface area contributed by atoms with Crippen LogP contribution in [-0.2, 0) is 0 Å². The fourth-order valence-corrected chi connectivity index (χ4v) is 2.17. The Morgan fingerprint density at radius 2 is 2.38 bits per heavy atom. The molecule has 0 aliphatic rings. The van der Waals surface area contributed by atoms with Gasteiger partial charge in [-0.1, -0.05) is 30.8 Å². The summed E-state index contributed by atoms with van der Waals surface area (Å²) in [5.74, 6) is 1.06. The molecule has 3 N–H and O–H groups in total. The van der Waals surface area contributed by atoms with Gasteiger partial charge >= 0.3 is 0 Å². The number of nitrogens with zero attached hydrogens (tertiary/aromatic N) is 2. The van der Waals surface area contributed by atoms with Crippen LogP contribution >= 0.6 is 11.8 Å². The van der Waals surface area contributed by atoms with Gasteiger partial charge in [-0.15, -0.1) is 0 Å². The van der Waals surface area contributed by atoms with E-state index in [0.29, 0.717) is 5.22 Å². The van der Waals surface area contributed by atoms with E-state index in [1.165, 1.54) is 11.8 Å². The Kier molecular flexibility index (Phi) is 4.23. The molecule has 0 radical (unpaired) electrons. The molecule has 5 nitrogen and oxygen atoms in total. The largest absolute Gasteiger partial charge is 0.440 e. The Labute approximate surface area is 99.1 Å². The standard InChI is InChI=1S/C10H17N3O2S/c1-7-6-15-9(12-7)16-5-4-10(2,3)8(11)13-14/h6,14H,4-5H2,1-3H3,(H2,11,13). The molecule has 1 rings (SSSR count). The van der Waals surface area contributed by atoms with E-state index in [1.807, 2.05) is 20.8 Å². The highest BCUT2D eigenvalue weighted by Crippen LogP contribution is 2.26. The zero-order chi connectivity index (χ0) is 12.2. The van der Waals surface area contributed by atoms with Crippen molar-refractivity contribution in [3.8, 4) is 0 Å². The van der Waals surface area contributed by atoms with E-state index in [9.17, 15) is 0 Å². The number of nitrogens with two attached hydrogens (primary N) is 1. The third-order valence-corrected chi connectivity index (χ3v) is 3.19. The van der Waals surface area contributed by atoms with Crippen LogP contribution in [0.3, 0.4) is 0 Å². The lowest BCUT2D eigenvalue weighted by molar-refractivity contribution is 0.307. The topological polar surface area (TPSA) is 84.6 Å². The SMILES string of the molecule is Cc1coc(SCCC(C)(C)C(N)=NO)n1. The normalized spacial score (nSPS) is 13.1. The maximum Gasteiger partial charge on any atom is 0.255 e. The Balaban J connectivity index is 2.41. The first-order valence-corrected chi connectivity index (χ1v) is 5.97. The number of amidine groups is 1. The number of oxime groups is 1. The van der Waals surface area contributed by atoms with Crippen LogP contribution in [0.4, 0.5) is 0 Å². The van der Waals surface area contributed by atoms with Crippen molar-refractivity contribution in [1.82, 2.24) is 4.98 Å². The summed E-state index contributed by atoms with van der Waals surface area (Å²) in [7, 11) is 0. The summed E-state index contributed by atoms with van der Waals surface area (Å²) >= 11 is 1.53. The molecule has 6 heteroatoms. The first-order chi connectivity index (χ1) is 7.45. The quantitative estimate of drug-likeness (QED) is 0.272. The van der Waals surface area contributed by atoms with Crippen LogP contribution in [0, 0.1) is 12.3 Å². The highest BCUT2D eigenvalue weighted by atomic mass is 32.2. The molecule has 0 atom stereocenters. The van der Waals surface area contributed by atoms with Gasteiger partial charge in [0.1, 0.15) is 12.1 Å². The minimum Gasteiger partial charge on any atom is -0.440 e. The third-order valence-electron chi connectivity index (χ3n) is 2.35. The predicted molar refractivity (Wildman–Crippen MR) is 63.8 cm³/mol. The molecule has 1 heterocycles. The van der Waals surface area contributed by atoms with E-state index in [2.05, 4.69) is 10.1 Å². The zero-order valence-electron chi connectivity index (χ0n) is 9.73. The molecule has 90 valence electrons. The van der Waals surface area contributed by atoms with Crippen LogP contribution in [0.1, 0.15) is 26.0 Å². The van der Waals surface area contributed by atoms with E-state index >= 15 is 0 Å². The predicted octanol–water partition coefficient (Wildman–Crippen LogP) is 2.24. The lowest BCUT2D eigenvalue weighted by Gasteiger charge is -2.21. The highest BCUT2D eigenvalue weighted by Gasteiger charge is 2.23. The summed E-state index contributed by atoms with van der Waals surface area (Å²) in [5, 5.41) is 12.3. The van der Waals surface area contributed by atoms with Crippen LogP contribution in [0.15, 0.2) is 21.1 Å². The second-order valence-corrected chi connectivity index (χ2v) is 5.27. The average Bonchev–Trinajstić information content (AvgIpc) is 2.62. The van der Waals surface area contributed by atoms with Crippen LogP contribution in [0.2, 0.25) is 0 Å². The molecule has 0 amide bonds. The van der Waals surface area contributed by atoms with Crippen molar-refractivity contribution in [2.24, 2.45) is 16.3 Å². The maximum atomic E-state index is 8.62. The summed E-state index contributed by atoms with van der Waals surface area (Å²) in [6, 6.07) is 0. The fraction of sp³-hybridized carbons (Fsp3) is 0.600. The molecule has 0 bridgehead atoms. The van der Waals surface area contributed by atoms with Gasteiger partial charge in [0.2, 0.25) is 0 Å². The Morgan fingerprint density at radius 1 is 1.69 bits per heavy atom. The van der Waals surface area contributed by atoms with Gasteiger partial charge in [0.15, 0.2) is 0 Å². The van der Waals surface area contributed by atoms with Crippen molar-refractivity contribution in [3.63, 3.8) is 0 Å². The summed E-state index contributed by atoms with van der Waals surface area (Å²) in [5.41, 5.74) is 6.14. The first-order valence-electron chi connectivity index (χ1n) is 4.98. The van der Waals surface area contributed by atoms with Crippen molar-refractivity contribution >= 4 is 17.6 Å². The Hall–Kier alpha value is -1.17. The second kappa shape index (κ2) is 5.25. The van der Waals surface area contributed by atoms with Crippen molar-refractivity contribution in [1.29, 1.82) is 0 Å². The van der Waals surface area contributed by atoms with Gasteiger partial charge in [-0.05, 0) is 13.3 Å². The van der Waals surface area contributed by atoms with Crippen LogP contribution < -0.4 is 5.73 Å². The molecule has 0 aliphatic carbocycles. The summed E-state index contributed by atoms with van der Waals surface area (Å²) < 4.78 is 5.21. The second-order valence-electron chi connectivity index (χ2n) is 4.22. The number of aromatic nitrogens is 1. The van der Waals surface area contributed by atoms with E-state index in [-0.39, 0.29) is 11.3 Å². The maximum absolute atomic E-state index is 8.62. The van der Waals surface area contributed by atoms with Crippen LogP contribution in [0.25, 0.3) is 0 Å². The van der Waals surface area contributed by atoms with Gasteiger partial charge in [-0.2, -0.15) is 0 Å². The van der Waals surface area contributed by atoms with Crippen molar-refractivity contribution < 1.29 is 9.62 Å². The zero-order valence-corrected chi connectivity index (χ0v) is 10.5. The molecule has 0 spiro atoms. The molecule has 0 saturated heterocycles. The molecular formula is C10H17N3O2S. The van der Waals surface area contributed by atoms with E-state index in [0.717, 1.165) is 17.9 Å². The molecule has 0 aliphatic heterocycles. The lowest BCUT2D eigenvalue weighted by atomic mass is 9.89. The van der Waals surface area contributed by atoms with Gasteiger partial charge in [0, 0.05) is 11.2 Å². The van der Waals surface area contributed by atoms with E-state index < -0.39 is 0 Å². The number of oxazole rings is 1. The van der Waals surface area contributed by atoms with Gasteiger partial charge in [0.05, 0.1) is 5.69 Å². The van der Waals surface area contributed by atoms with Crippen molar-refractivity contribution in [2.45, 2.75) is 32.4 Å². The van der Waals surface area contributed by atoms with Crippen LogP contribution in [0.5, 0.6) is 0 Å². The molecule has 1 aromatic heterocycles. The Bertz CT molecular complexity index is 374. The van der Waals surface area contributed by atoms with E-state index in [4.69, 9.17) is 15.4 Å². The molecule has 0 aromatic carbocycles. The molecule has 16 heavy (non-hydrogen) atoms. The van der Waals surface area contributed by atoms with Crippen molar-refractivity contribution in [2.75, 3.05) is 5.75 Å². The first kappa shape index (κ1) is 12.9. The average molecular weight is 243 g/mol. The molecule has 0 saturated carbocycles. The van der Waals surface area contributed by atoms with Gasteiger partial charge in [0.25, 0.3) is 5.22 Å². The van der Waals surface area contributed by atoms with Gasteiger partial charge in [-0.25, -0.2) is 4.98 Å². The number of hydrogen-bond donors (Lipinski definition) is 2. The fourth-order valence-electron chi connectivity index (χ4n) is 1.06. The summed E-state index contributed by atoms with van der Waals surface area (Å²) in [4.78, 5) is 4.18. The minimum absolute atomic E-state index is 0.247. The lowest BCUT2D eigenvalue weighted by Crippen LogP contribution is -2.32. The molecule has 1 aromatic rings. The minimum atomic E-state index is -0.316. The molecular weight excluding hydrogens is 226 g/mol. The van der Waals surface area contributed by atoms with Gasteiger partial charge in [-0.3, -0.25) is 0 Å². The van der Waals surface area contributed by atoms with Gasteiger partial charge < -0.3 is 15.4 Å². The number of rotatable bonds is 5.